The molecule has 0 bridgehead atoms. The summed E-state index contributed by atoms with van der Waals surface area (Å²) < 4.78 is 0. The number of carbonyl (C=O) groups excluding carboxylic acids is 1. The highest BCUT2D eigenvalue weighted by molar-refractivity contribution is 7.15. The molecule has 0 spiro atoms. The molecule has 0 aromatic carbocycles. The van der Waals surface area contributed by atoms with Crippen molar-refractivity contribution in [2.45, 2.75) is 39.7 Å². The van der Waals surface area contributed by atoms with E-state index in [9.17, 15) is 4.79 Å². The van der Waals surface area contributed by atoms with E-state index in [0.717, 1.165) is 30.2 Å². The number of amides is 1. The standard InChI is InChI=1S/C12H19N3OS/c1-7-6-10(4-5-13-7)11(16)15-12-14-8(2)9(3)17-12/h7,10,13H,4-6H2,1-3H3,(H,14,15,16). The third-order valence-corrected chi connectivity index (χ3v) is 4.24. The quantitative estimate of drug-likeness (QED) is 0.848. The number of piperidine rings is 1. The van der Waals surface area contributed by atoms with Crippen LogP contribution in [0.2, 0.25) is 0 Å². The van der Waals surface area contributed by atoms with Crippen LogP contribution in [0.3, 0.4) is 0 Å². The molecule has 0 radical (unpaired) electrons. The van der Waals surface area contributed by atoms with Crippen LogP contribution in [0.5, 0.6) is 0 Å². The van der Waals surface area contributed by atoms with Gasteiger partial charge in [0.2, 0.25) is 5.91 Å². The highest BCUT2D eigenvalue weighted by atomic mass is 32.1. The summed E-state index contributed by atoms with van der Waals surface area (Å²) in [6.07, 6.45) is 1.83. The van der Waals surface area contributed by atoms with Crippen molar-refractivity contribution < 1.29 is 4.79 Å². The molecule has 0 saturated carbocycles. The van der Waals surface area contributed by atoms with Crippen molar-refractivity contribution in [2.24, 2.45) is 5.92 Å². The largest absolute Gasteiger partial charge is 0.314 e. The van der Waals surface area contributed by atoms with Crippen LogP contribution in [0, 0.1) is 19.8 Å². The second-order valence-corrected chi connectivity index (χ2v) is 5.93. The lowest BCUT2D eigenvalue weighted by atomic mass is 9.93. The summed E-state index contributed by atoms with van der Waals surface area (Å²) in [5.41, 5.74) is 1.00. The van der Waals surface area contributed by atoms with Crippen LogP contribution in [-0.4, -0.2) is 23.5 Å². The van der Waals surface area contributed by atoms with Gasteiger partial charge in [-0.15, -0.1) is 11.3 Å². The predicted octanol–water partition coefficient (Wildman–Crippen LogP) is 2.09. The van der Waals surface area contributed by atoms with Crippen molar-refractivity contribution in [1.82, 2.24) is 10.3 Å². The molecule has 4 nitrogen and oxygen atoms in total. The van der Waals surface area contributed by atoms with Gasteiger partial charge in [-0.05, 0) is 40.2 Å². The number of aromatic nitrogens is 1. The highest BCUT2D eigenvalue weighted by Gasteiger charge is 2.25. The fourth-order valence-electron chi connectivity index (χ4n) is 2.10. The van der Waals surface area contributed by atoms with Crippen molar-refractivity contribution in [3.8, 4) is 0 Å². The second kappa shape index (κ2) is 5.14. The Labute approximate surface area is 106 Å². The van der Waals surface area contributed by atoms with Crippen molar-refractivity contribution in [3.05, 3.63) is 10.6 Å². The van der Waals surface area contributed by atoms with Gasteiger partial charge in [-0.25, -0.2) is 4.98 Å². The summed E-state index contributed by atoms with van der Waals surface area (Å²) in [7, 11) is 0. The molecule has 2 heterocycles. The molecule has 17 heavy (non-hydrogen) atoms. The molecule has 1 fully saturated rings. The number of anilines is 1. The molecule has 2 atom stereocenters. The minimum Gasteiger partial charge on any atom is -0.314 e. The Morgan fingerprint density at radius 1 is 1.53 bits per heavy atom. The van der Waals surface area contributed by atoms with E-state index < -0.39 is 0 Å². The Morgan fingerprint density at radius 3 is 2.88 bits per heavy atom. The summed E-state index contributed by atoms with van der Waals surface area (Å²) in [5, 5.41) is 7.02. The summed E-state index contributed by atoms with van der Waals surface area (Å²) in [4.78, 5) is 17.6. The Hall–Kier alpha value is -0.940. The van der Waals surface area contributed by atoms with E-state index in [2.05, 4.69) is 22.5 Å². The summed E-state index contributed by atoms with van der Waals surface area (Å²) in [5.74, 6) is 0.239. The van der Waals surface area contributed by atoms with Crippen LogP contribution in [0.4, 0.5) is 5.13 Å². The third kappa shape index (κ3) is 3.04. The van der Waals surface area contributed by atoms with Gasteiger partial charge in [0.15, 0.2) is 5.13 Å². The predicted molar refractivity (Wildman–Crippen MR) is 70.4 cm³/mol. The van der Waals surface area contributed by atoms with Crippen LogP contribution >= 0.6 is 11.3 Å². The van der Waals surface area contributed by atoms with Gasteiger partial charge in [0.25, 0.3) is 0 Å². The molecule has 0 aliphatic carbocycles. The number of thiazole rings is 1. The number of hydrogen-bond donors (Lipinski definition) is 2. The van der Waals surface area contributed by atoms with Crippen LogP contribution in [-0.2, 0) is 4.79 Å². The molecule has 1 saturated heterocycles. The highest BCUT2D eigenvalue weighted by Crippen LogP contribution is 2.23. The zero-order valence-electron chi connectivity index (χ0n) is 10.5. The van der Waals surface area contributed by atoms with Crippen LogP contribution in [0.15, 0.2) is 0 Å². The average molecular weight is 253 g/mol. The van der Waals surface area contributed by atoms with Crippen molar-refractivity contribution in [3.63, 3.8) is 0 Å². The van der Waals surface area contributed by atoms with Gasteiger partial charge in [-0.3, -0.25) is 4.79 Å². The van der Waals surface area contributed by atoms with Gasteiger partial charge in [0.05, 0.1) is 5.69 Å². The summed E-state index contributed by atoms with van der Waals surface area (Å²) in [6.45, 7) is 7.04. The Bertz CT molecular complexity index is 396. The molecule has 2 N–H and O–H groups in total. The fraction of sp³-hybridized carbons (Fsp3) is 0.667. The van der Waals surface area contributed by atoms with E-state index in [1.54, 1.807) is 11.3 Å². The van der Waals surface area contributed by atoms with Crippen molar-refractivity contribution in [1.29, 1.82) is 0 Å². The van der Waals surface area contributed by atoms with E-state index in [1.807, 2.05) is 13.8 Å². The zero-order chi connectivity index (χ0) is 12.4. The first-order valence-corrected chi connectivity index (χ1v) is 6.86. The monoisotopic (exact) mass is 253 g/mol. The normalized spacial score (nSPS) is 24.6. The smallest absolute Gasteiger partial charge is 0.229 e. The summed E-state index contributed by atoms with van der Waals surface area (Å²) in [6, 6.07) is 0.430. The molecule has 2 rings (SSSR count). The maximum absolute atomic E-state index is 12.1. The average Bonchev–Trinajstić information content (AvgIpc) is 2.58. The first-order valence-electron chi connectivity index (χ1n) is 6.04. The third-order valence-electron chi connectivity index (χ3n) is 3.25. The maximum Gasteiger partial charge on any atom is 0.229 e. The second-order valence-electron chi connectivity index (χ2n) is 4.73. The molecule has 5 heteroatoms. The molecule has 1 amide bonds. The van der Waals surface area contributed by atoms with E-state index in [1.165, 1.54) is 4.88 Å². The maximum atomic E-state index is 12.1. The van der Waals surface area contributed by atoms with Gasteiger partial charge in [-0.2, -0.15) is 0 Å². The lowest BCUT2D eigenvalue weighted by Gasteiger charge is -2.26. The van der Waals surface area contributed by atoms with E-state index in [0.29, 0.717) is 6.04 Å². The van der Waals surface area contributed by atoms with Crippen LogP contribution < -0.4 is 10.6 Å². The van der Waals surface area contributed by atoms with Crippen LogP contribution in [0.1, 0.15) is 30.3 Å². The number of nitrogens with one attached hydrogen (secondary N) is 2. The van der Waals surface area contributed by atoms with E-state index >= 15 is 0 Å². The molecular formula is C12H19N3OS. The minimum atomic E-state index is 0.118. The summed E-state index contributed by atoms with van der Waals surface area (Å²) >= 11 is 1.55. The lowest BCUT2D eigenvalue weighted by molar-refractivity contribution is -0.120. The minimum absolute atomic E-state index is 0.118. The van der Waals surface area contributed by atoms with Gasteiger partial charge < -0.3 is 10.6 Å². The molecule has 1 aromatic heterocycles. The molecular weight excluding hydrogens is 234 g/mol. The Morgan fingerprint density at radius 2 is 2.29 bits per heavy atom. The number of rotatable bonds is 2. The van der Waals surface area contributed by atoms with Crippen molar-refractivity contribution in [2.75, 3.05) is 11.9 Å². The SMILES string of the molecule is Cc1nc(NC(=O)C2CCNC(C)C2)sc1C. The Balaban J connectivity index is 1.96. The number of aryl methyl sites for hydroxylation is 2. The number of carbonyl (C=O) groups is 1. The van der Waals surface area contributed by atoms with Gasteiger partial charge in [0, 0.05) is 16.8 Å². The molecule has 1 aliphatic heterocycles. The lowest BCUT2D eigenvalue weighted by Crippen LogP contribution is -2.40. The first-order chi connectivity index (χ1) is 8.06. The topological polar surface area (TPSA) is 54.0 Å². The van der Waals surface area contributed by atoms with E-state index in [-0.39, 0.29) is 11.8 Å². The molecule has 94 valence electrons. The molecule has 1 aliphatic rings. The fourth-order valence-corrected chi connectivity index (χ4v) is 2.92. The van der Waals surface area contributed by atoms with Gasteiger partial charge in [0.1, 0.15) is 0 Å². The van der Waals surface area contributed by atoms with Gasteiger partial charge in [-0.1, -0.05) is 0 Å². The molecule has 1 aromatic rings. The van der Waals surface area contributed by atoms with Crippen molar-refractivity contribution >= 4 is 22.4 Å². The number of hydrogen-bond acceptors (Lipinski definition) is 4. The van der Waals surface area contributed by atoms with E-state index in [4.69, 9.17) is 0 Å². The van der Waals surface area contributed by atoms with Gasteiger partial charge >= 0.3 is 0 Å². The zero-order valence-corrected chi connectivity index (χ0v) is 11.4. The molecule has 2 unspecified atom stereocenters. The Kier molecular flexibility index (Phi) is 3.79. The first kappa shape index (κ1) is 12.5. The van der Waals surface area contributed by atoms with Crippen LogP contribution in [0.25, 0.3) is 0 Å². The number of nitrogens with zero attached hydrogens (tertiary/aromatic N) is 1.